The Morgan fingerprint density at radius 1 is 1.11 bits per heavy atom. The minimum absolute atomic E-state index is 0.0875. The molecule has 8 heteroatoms. The van der Waals surface area contributed by atoms with Crippen LogP contribution in [0.1, 0.15) is 44.1 Å². The summed E-state index contributed by atoms with van der Waals surface area (Å²) in [5, 5.41) is 12.5. The maximum Gasteiger partial charge on any atom is 0.286 e. The van der Waals surface area contributed by atoms with Gasteiger partial charge in [0.15, 0.2) is 0 Å². The topological polar surface area (TPSA) is 75.2 Å². The molecule has 2 amide bonds. The molecule has 0 saturated carbocycles. The van der Waals surface area contributed by atoms with Crippen LogP contribution in [0.5, 0.6) is 0 Å². The van der Waals surface area contributed by atoms with Gasteiger partial charge in [0.1, 0.15) is 5.01 Å². The first-order valence-electron chi connectivity index (χ1n) is 8.88. The van der Waals surface area contributed by atoms with Gasteiger partial charge in [-0.25, -0.2) is 0 Å². The predicted octanol–water partition coefficient (Wildman–Crippen LogP) is 4.42. The number of hydrogen-bond donors (Lipinski definition) is 1. The largest absolute Gasteiger partial charge is 0.329 e. The Hall–Kier alpha value is -2.77. The number of rotatable bonds is 4. The number of amides is 2. The highest BCUT2D eigenvalue weighted by molar-refractivity contribution is 7.13. The smallest absolute Gasteiger partial charge is 0.286 e. The number of likely N-dealkylation sites (tertiary alicyclic amines) is 1. The van der Waals surface area contributed by atoms with Gasteiger partial charge < -0.3 is 10.2 Å². The molecule has 1 aromatic heterocycles. The van der Waals surface area contributed by atoms with E-state index in [1.807, 2.05) is 30.3 Å². The van der Waals surface area contributed by atoms with Crippen molar-refractivity contribution in [1.82, 2.24) is 15.1 Å². The van der Waals surface area contributed by atoms with Crippen LogP contribution < -0.4 is 5.32 Å². The van der Waals surface area contributed by atoms with Crippen LogP contribution in [-0.4, -0.2) is 33.5 Å². The van der Waals surface area contributed by atoms with Crippen molar-refractivity contribution in [2.45, 2.75) is 18.9 Å². The monoisotopic (exact) mass is 412 g/mol. The molecular formula is C20H17ClN4O2S. The number of aromatic nitrogens is 2. The highest BCUT2D eigenvalue weighted by atomic mass is 35.5. The van der Waals surface area contributed by atoms with Gasteiger partial charge in [0.25, 0.3) is 11.8 Å². The number of halogens is 1. The molecule has 142 valence electrons. The Bertz CT molecular complexity index is 1010. The van der Waals surface area contributed by atoms with Crippen LogP contribution in [0.3, 0.4) is 0 Å². The Morgan fingerprint density at radius 3 is 2.71 bits per heavy atom. The summed E-state index contributed by atoms with van der Waals surface area (Å²) < 4.78 is 0. The second-order valence-electron chi connectivity index (χ2n) is 6.43. The summed E-state index contributed by atoms with van der Waals surface area (Å²) >= 11 is 7.24. The number of carbonyl (C=O) groups is 2. The molecule has 0 bridgehead atoms. The molecule has 1 N–H and O–H groups in total. The zero-order valence-corrected chi connectivity index (χ0v) is 16.4. The molecule has 4 rings (SSSR count). The molecule has 0 radical (unpaired) electrons. The van der Waals surface area contributed by atoms with Crippen molar-refractivity contribution >= 4 is 40.4 Å². The molecule has 1 aliphatic rings. The van der Waals surface area contributed by atoms with Crippen LogP contribution in [0.25, 0.3) is 0 Å². The molecule has 1 unspecified atom stereocenters. The molecule has 3 aromatic rings. The van der Waals surface area contributed by atoms with Gasteiger partial charge in [0.05, 0.1) is 6.04 Å². The van der Waals surface area contributed by atoms with Crippen molar-refractivity contribution in [2.24, 2.45) is 0 Å². The van der Waals surface area contributed by atoms with E-state index in [4.69, 9.17) is 11.6 Å². The van der Waals surface area contributed by atoms with Crippen LogP contribution >= 0.6 is 22.9 Å². The summed E-state index contributed by atoms with van der Waals surface area (Å²) in [6.45, 7) is 0.640. The summed E-state index contributed by atoms with van der Waals surface area (Å²) in [5.74, 6) is -0.392. The van der Waals surface area contributed by atoms with E-state index < -0.39 is 0 Å². The summed E-state index contributed by atoms with van der Waals surface area (Å²) in [6, 6.07) is 15.9. The molecule has 1 fully saturated rings. The highest BCUT2D eigenvalue weighted by Gasteiger charge is 2.33. The fourth-order valence-electron chi connectivity index (χ4n) is 3.22. The quantitative estimate of drug-likeness (QED) is 0.688. The maximum atomic E-state index is 12.9. The predicted molar refractivity (Wildman–Crippen MR) is 109 cm³/mol. The second-order valence-corrected chi connectivity index (χ2v) is 7.88. The molecule has 2 aromatic carbocycles. The summed E-state index contributed by atoms with van der Waals surface area (Å²) in [5.41, 5.74) is 1.24. The average Bonchev–Trinajstić information content (AvgIpc) is 3.37. The Balaban J connectivity index is 1.51. The van der Waals surface area contributed by atoms with Crippen LogP contribution in [0.15, 0.2) is 54.6 Å². The van der Waals surface area contributed by atoms with Gasteiger partial charge in [-0.05, 0) is 43.2 Å². The Kier molecular flexibility index (Phi) is 5.36. The van der Waals surface area contributed by atoms with Crippen molar-refractivity contribution in [3.05, 3.63) is 75.2 Å². The minimum Gasteiger partial charge on any atom is -0.329 e. The lowest BCUT2D eigenvalue weighted by Crippen LogP contribution is -2.30. The summed E-state index contributed by atoms with van der Waals surface area (Å²) in [7, 11) is 0. The molecule has 0 spiro atoms. The normalized spacial score (nSPS) is 16.2. The number of carbonyl (C=O) groups excluding carboxylic acids is 2. The van der Waals surface area contributed by atoms with E-state index in [1.165, 1.54) is 11.3 Å². The third kappa shape index (κ3) is 3.90. The van der Waals surface area contributed by atoms with Gasteiger partial charge in [-0.2, -0.15) is 0 Å². The van der Waals surface area contributed by atoms with E-state index in [0.29, 0.717) is 27.8 Å². The molecule has 0 aliphatic carbocycles. The van der Waals surface area contributed by atoms with E-state index in [-0.39, 0.29) is 22.9 Å². The lowest BCUT2D eigenvalue weighted by molar-refractivity contribution is 0.0735. The first-order chi connectivity index (χ1) is 13.6. The van der Waals surface area contributed by atoms with Gasteiger partial charge in [-0.15, -0.1) is 10.2 Å². The number of hydrogen-bond acceptors (Lipinski definition) is 5. The van der Waals surface area contributed by atoms with Crippen molar-refractivity contribution in [2.75, 3.05) is 11.9 Å². The SMILES string of the molecule is O=C(Nc1ccccc1)c1nnc(C2CCCN2C(=O)c2cccc(Cl)c2)s1. The van der Waals surface area contributed by atoms with Gasteiger partial charge in [-0.3, -0.25) is 9.59 Å². The van der Waals surface area contributed by atoms with E-state index >= 15 is 0 Å². The Morgan fingerprint density at radius 2 is 1.93 bits per heavy atom. The summed E-state index contributed by atoms with van der Waals surface area (Å²) in [4.78, 5) is 27.1. The van der Waals surface area contributed by atoms with E-state index in [1.54, 1.807) is 29.2 Å². The first-order valence-corrected chi connectivity index (χ1v) is 10.1. The number of anilines is 1. The molecule has 28 heavy (non-hydrogen) atoms. The molecule has 6 nitrogen and oxygen atoms in total. The fourth-order valence-corrected chi connectivity index (χ4v) is 4.30. The minimum atomic E-state index is -0.305. The average molecular weight is 413 g/mol. The third-order valence-electron chi connectivity index (χ3n) is 4.54. The number of nitrogens with zero attached hydrogens (tertiary/aromatic N) is 3. The zero-order chi connectivity index (χ0) is 19.5. The molecular weight excluding hydrogens is 396 g/mol. The van der Waals surface area contributed by atoms with Crippen LogP contribution in [-0.2, 0) is 0 Å². The van der Waals surface area contributed by atoms with Crippen LogP contribution in [0.2, 0.25) is 5.02 Å². The molecule has 2 heterocycles. The van der Waals surface area contributed by atoms with E-state index in [9.17, 15) is 9.59 Å². The van der Waals surface area contributed by atoms with E-state index in [0.717, 1.165) is 12.8 Å². The maximum absolute atomic E-state index is 12.9. The molecule has 1 aliphatic heterocycles. The fraction of sp³-hybridized carbons (Fsp3) is 0.200. The third-order valence-corrected chi connectivity index (χ3v) is 5.80. The lowest BCUT2D eigenvalue weighted by atomic mass is 10.1. The second kappa shape index (κ2) is 8.08. The zero-order valence-electron chi connectivity index (χ0n) is 14.8. The van der Waals surface area contributed by atoms with Crippen LogP contribution in [0, 0.1) is 0 Å². The number of nitrogens with one attached hydrogen (secondary N) is 1. The van der Waals surface area contributed by atoms with Crippen molar-refractivity contribution < 1.29 is 9.59 Å². The number of para-hydroxylation sites is 1. The standard InChI is InChI=1S/C20H17ClN4O2S/c21-14-7-4-6-13(12-14)20(27)25-11-5-10-16(25)18-23-24-19(28-18)17(26)22-15-8-2-1-3-9-15/h1-4,6-9,12,16H,5,10-11H2,(H,22,26). The van der Waals surface area contributed by atoms with Crippen LogP contribution in [0.4, 0.5) is 5.69 Å². The van der Waals surface area contributed by atoms with Gasteiger partial charge in [0, 0.05) is 22.8 Å². The van der Waals surface area contributed by atoms with E-state index in [2.05, 4.69) is 15.5 Å². The van der Waals surface area contributed by atoms with Crippen molar-refractivity contribution in [3.63, 3.8) is 0 Å². The Labute approximate surface area is 171 Å². The van der Waals surface area contributed by atoms with Crippen molar-refractivity contribution in [3.8, 4) is 0 Å². The lowest BCUT2D eigenvalue weighted by Gasteiger charge is -2.22. The van der Waals surface area contributed by atoms with Gasteiger partial charge >= 0.3 is 0 Å². The highest BCUT2D eigenvalue weighted by Crippen LogP contribution is 2.35. The number of benzene rings is 2. The first kappa shape index (κ1) is 18.6. The summed E-state index contributed by atoms with van der Waals surface area (Å²) in [6.07, 6.45) is 1.67. The van der Waals surface area contributed by atoms with Gasteiger partial charge in [0.2, 0.25) is 5.01 Å². The van der Waals surface area contributed by atoms with Gasteiger partial charge in [-0.1, -0.05) is 47.2 Å². The van der Waals surface area contributed by atoms with Crippen molar-refractivity contribution in [1.29, 1.82) is 0 Å². The molecule has 1 atom stereocenters. The molecule has 1 saturated heterocycles.